The fourth-order valence-electron chi connectivity index (χ4n) is 4.51. The molecule has 0 radical (unpaired) electrons. The molecule has 0 amide bonds. The fraction of sp³-hybridized carbons (Fsp3) is 0.346. The first-order valence-electron chi connectivity index (χ1n) is 11.7. The number of esters is 1. The summed E-state index contributed by atoms with van der Waals surface area (Å²) >= 11 is 0. The van der Waals surface area contributed by atoms with Gasteiger partial charge in [-0.1, -0.05) is 6.08 Å². The van der Waals surface area contributed by atoms with Crippen LogP contribution in [0, 0.1) is 5.82 Å². The Morgan fingerprint density at radius 1 is 1.31 bits per heavy atom. The van der Waals surface area contributed by atoms with Gasteiger partial charge in [0.1, 0.15) is 11.5 Å². The van der Waals surface area contributed by atoms with Gasteiger partial charge in [-0.05, 0) is 44.0 Å². The summed E-state index contributed by atoms with van der Waals surface area (Å²) in [4.78, 5) is 21.3. The van der Waals surface area contributed by atoms with Crippen LogP contribution < -0.4 is 5.73 Å². The second kappa shape index (κ2) is 8.77. The number of ether oxygens (including phenoxy) is 1. The van der Waals surface area contributed by atoms with Crippen LogP contribution in [0.4, 0.5) is 13.2 Å². The van der Waals surface area contributed by atoms with E-state index in [1.54, 1.807) is 25.1 Å². The van der Waals surface area contributed by atoms with Gasteiger partial charge in [0, 0.05) is 30.0 Å². The number of aromatic nitrogens is 4. The molecule has 2 N–H and O–H groups in total. The van der Waals surface area contributed by atoms with Gasteiger partial charge in [0.15, 0.2) is 5.82 Å². The minimum absolute atomic E-state index is 0.0427. The molecule has 3 aromatic heterocycles. The quantitative estimate of drug-likeness (QED) is 0.255. The van der Waals surface area contributed by atoms with Crippen LogP contribution in [0.25, 0.3) is 33.6 Å². The van der Waals surface area contributed by atoms with Crippen molar-refractivity contribution in [1.29, 1.82) is 0 Å². The van der Waals surface area contributed by atoms with Gasteiger partial charge < -0.3 is 19.6 Å². The number of carbonyl (C=O) groups is 1. The Balaban J connectivity index is 1.78. The lowest BCUT2D eigenvalue weighted by Gasteiger charge is -2.19. The molecule has 1 aliphatic carbocycles. The SMILES string of the molecule is C=CCC(F)(F)Cn1c(-c2nc3cc(C(=O)OC)c(F)cc3n2C2CC2)cc2ccc(C(C)N)nc21. The molecule has 1 unspecified atom stereocenters. The van der Waals surface area contributed by atoms with Crippen molar-refractivity contribution in [1.82, 2.24) is 19.1 Å². The molecule has 1 aliphatic rings. The number of pyridine rings is 1. The van der Waals surface area contributed by atoms with E-state index in [2.05, 4.69) is 16.3 Å². The van der Waals surface area contributed by atoms with Crippen molar-refractivity contribution in [2.75, 3.05) is 7.11 Å². The lowest BCUT2D eigenvalue weighted by molar-refractivity contribution is -0.0117. The molecule has 4 aromatic rings. The second-order valence-electron chi connectivity index (χ2n) is 9.25. The molecule has 5 rings (SSSR count). The molecule has 1 aromatic carbocycles. The third-order valence-electron chi connectivity index (χ3n) is 6.39. The fourth-order valence-corrected chi connectivity index (χ4v) is 4.51. The van der Waals surface area contributed by atoms with E-state index in [0.717, 1.165) is 12.8 Å². The zero-order chi connectivity index (χ0) is 25.8. The molecule has 1 atom stereocenters. The van der Waals surface area contributed by atoms with Gasteiger partial charge in [-0.15, -0.1) is 6.58 Å². The zero-order valence-corrected chi connectivity index (χ0v) is 20.0. The Kier molecular flexibility index (Phi) is 5.86. The first-order valence-corrected chi connectivity index (χ1v) is 11.7. The van der Waals surface area contributed by atoms with Crippen molar-refractivity contribution in [3.63, 3.8) is 0 Å². The normalized spacial score (nSPS) is 14.9. The number of nitrogens with two attached hydrogens (primary N) is 1. The Morgan fingerprint density at radius 3 is 2.69 bits per heavy atom. The molecule has 0 saturated heterocycles. The first-order chi connectivity index (χ1) is 17.1. The summed E-state index contributed by atoms with van der Waals surface area (Å²) < 4.78 is 52.6. The van der Waals surface area contributed by atoms with E-state index in [9.17, 15) is 18.0 Å². The number of alkyl halides is 2. The zero-order valence-electron chi connectivity index (χ0n) is 20.0. The van der Waals surface area contributed by atoms with Gasteiger partial charge in [0.2, 0.25) is 0 Å². The average Bonchev–Trinajstić information content (AvgIpc) is 3.52. The number of hydrogen-bond acceptors (Lipinski definition) is 5. The van der Waals surface area contributed by atoms with Gasteiger partial charge in [0.25, 0.3) is 5.92 Å². The Bertz CT molecular complexity index is 1500. The van der Waals surface area contributed by atoms with Crippen LogP contribution in [0.2, 0.25) is 0 Å². The lowest BCUT2D eigenvalue weighted by atomic mass is 10.2. The van der Waals surface area contributed by atoms with Gasteiger partial charge in [-0.3, -0.25) is 0 Å². The molecule has 7 nitrogen and oxygen atoms in total. The first kappa shape index (κ1) is 24.1. The van der Waals surface area contributed by atoms with E-state index in [-0.39, 0.29) is 17.6 Å². The van der Waals surface area contributed by atoms with E-state index < -0.39 is 30.7 Å². The summed E-state index contributed by atoms with van der Waals surface area (Å²) in [5.74, 6) is -4.23. The van der Waals surface area contributed by atoms with Crippen molar-refractivity contribution < 1.29 is 22.7 Å². The number of nitrogens with zero attached hydrogens (tertiary/aromatic N) is 4. The number of benzene rings is 1. The minimum atomic E-state index is -3.09. The molecule has 10 heteroatoms. The number of fused-ring (bicyclic) bond motifs is 2. The molecule has 1 saturated carbocycles. The number of rotatable bonds is 8. The second-order valence-corrected chi connectivity index (χ2v) is 9.25. The molecule has 0 aliphatic heterocycles. The smallest absolute Gasteiger partial charge is 0.340 e. The molecule has 188 valence electrons. The Labute approximate surface area is 205 Å². The maximum atomic E-state index is 14.9. The monoisotopic (exact) mass is 497 g/mol. The Hall–Kier alpha value is -3.66. The van der Waals surface area contributed by atoms with E-state index in [0.29, 0.717) is 39.3 Å². The number of methoxy groups -OCH3 is 1. The van der Waals surface area contributed by atoms with Gasteiger partial charge in [-0.25, -0.2) is 27.9 Å². The van der Waals surface area contributed by atoms with Gasteiger partial charge in [-0.2, -0.15) is 0 Å². The number of carbonyl (C=O) groups excluding carboxylic acids is 1. The Morgan fingerprint density at radius 2 is 2.06 bits per heavy atom. The van der Waals surface area contributed by atoms with E-state index >= 15 is 0 Å². The summed E-state index contributed by atoms with van der Waals surface area (Å²) in [7, 11) is 1.17. The largest absolute Gasteiger partial charge is 0.465 e. The molecular formula is C26H26F3N5O2. The highest BCUT2D eigenvalue weighted by atomic mass is 19.3. The van der Waals surface area contributed by atoms with Crippen LogP contribution in [0.15, 0.2) is 43.0 Å². The minimum Gasteiger partial charge on any atom is -0.465 e. The highest BCUT2D eigenvalue weighted by Gasteiger charge is 2.34. The third kappa shape index (κ3) is 4.15. The number of allylic oxidation sites excluding steroid dienone is 1. The van der Waals surface area contributed by atoms with Crippen LogP contribution in [-0.4, -0.2) is 38.1 Å². The molecule has 0 bridgehead atoms. The van der Waals surface area contributed by atoms with E-state index in [4.69, 9.17) is 10.7 Å². The predicted molar refractivity (Wildman–Crippen MR) is 130 cm³/mol. The number of halogens is 3. The topological polar surface area (TPSA) is 88.0 Å². The van der Waals surface area contributed by atoms with Crippen molar-refractivity contribution in [3.8, 4) is 11.5 Å². The molecule has 0 spiro atoms. The summed E-state index contributed by atoms with van der Waals surface area (Å²) in [6, 6.07) is 7.57. The average molecular weight is 498 g/mol. The van der Waals surface area contributed by atoms with Crippen molar-refractivity contribution in [3.05, 3.63) is 60.1 Å². The van der Waals surface area contributed by atoms with Crippen molar-refractivity contribution in [2.24, 2.45) is 5.73 Å². The van der Waals surface area contributed by atoms with Crippen LogP contribution in [-0.2, 0) is 11.3 Å². The summed E-state index contributed by atoms with van der Waals surface area (Å²) in [6.07, 6.45) is 2.37. The third-order valence-corrected chi connectivity index (χ3v) is 6.39. The molecular weight excluding hydrogens is 471 g/mol. The van der Waals surface area contributed by atoms with E-state index in [1.807, 2.05) is 4.57 Å². The molecule has 1 fully saturated rings. The summed E-state index contributed by atoms with van der Waals surface area (Å²) in [5.41, 5.74) is 7.98. The molecule has 3 heterocycles. The van der Waals surface area contributed by atoms with Crippen LogP contribution in [0.3, 0.4) is 0 Å². The lowest BCUT2D eigenvalue weighted by Crippen LogP contribution is -2.24. The van der Waals surface area contributed by atoms with Crippen LogP contribution >= 0.6 is 0 Å². The number of hydrogen-bond donors (Lipinski definition) is 1. The van der Waals surface area contributed by atoms with Crippen molar-refractivity contribution >= 4 is 28.0 Å². The van der Waals surface area contributed by atoms with E-state index in [1.165, 1.54) is 29.9 Å². The van der Waals surface area contributed by atoms with Crippen LogP contribution in [0.5, 0.6) is 0 Å². The summed E-state index contributed by atoms with van der Waals surface area (Å²) in [6.45, 7) is 4.58. The van der Waals surface area contributed by atoms with Crippen LogP contribution in [0.1, 0.15) is 54.3 Å². The highest BCUT2D eigenvalue weighted by Crippen LogP contribution is 2.43. The predicted octanol–water partition coefficient (Wildman–Crippen LogP) is 5.54. The molecule has 36 heavy (non-hydrogen) atoms. The van der Waals surface area contributed by atoms with Gasteiger partial charge in [0.05, 0.1) is 41.6 Å². The summed E-state index contributed by atoms with van der Waals surface area (Å²) in [5, 5.41) is 0.652. The maximum Gasteiger partial charge on any atom is 0.340 e. The highest BCUT2D eigenvalue weighted by molar-refractivity contribution is 5.95. The van der Waals surface area contributed by atoms with Crippen molar-refractivity contribution in [2.45, 2.75) is 50.7 Å². The maximum absolute atomic E-state index is 14.9. The standard InChI is InChI=1S/C26H26F3N5O2/c1-4-9-26(28,29)13-33-22(10-15-5-8-19(14(2)30)31-23(15)33)24-32-20-11-17(25(35)36-3)18(27)12-21(20)34(24)16-6-7-16/h4-5,8,10-12,14,16H,1,6-7,9,13,30H2,2-3H3. The number of imidazole rings is 1. The van der Waals surface area contributed by atoms with Gasteiger partial charge >= 0.3 is 5.97 Å².